The Hall–Kier alpha value is -4.66. The summed E-state index contributed by atoms with van der Waals surface area (Å²) >= 11 is 0. The molecule has 3 amide bonds. The van der Waals surface area contributed by atoms with Gasteiger partial charge < -0.3 is 25.4 Å². The van der Waals surface area contributed by atoms with E-state index in [0.717, 1.165) is 5.56 Å². The highest BCUT2D eigenvalue weighted by molar-refractivity contribution is 6.04. The fraction of sp³-hybridized carbons (Fsp3) is 0.154. The Balaban J connectivity index is 1.47. The van der Waals surface area contributed by atoms with Gasteiger partial charge in [-0.25, -0.2) is 4.79 Å². The SMILES string of the molecule is CCOC(=O)Oc1ccc(C(=O)Nc2cccc(CNC(=O)CNC(=O)c3ccccc3)c2)cc1. The van der Waals surface area contributed by atoms with Gasteiger partial charge in [0.25, 0.3) is 11.8 Å². The molecular formula is C26H25N3O6. The number of carbonyl (C=O) groups excluding carboxylic acids is 4. The van der Waals surface area contributed by atoms with Gasteiger partial charge in [0.2, 0.25) is 5.91 Å². The van der Waals surface area contributed by atoms with Crippen LogP contribution in [0.4, 0.5) is 10.5 Å². The Labute approximate surface area is 202 Å². The number of hydrogen-bond acceptors (Lipinski definition) is 6. The second kappa shape index (κ2) is 12.5. The summed E-state index contributed by atoms with van der Waals surface area (Å²) < 4.78 is 9.68. The van der Waals surface area contributed by atoms with Crippen LogP contribution in [0.1, 0.15) is 33.2 Å². The van der Waals surface area contributed by atoms with Gasteiger partial charge in [0.05, 0.1) is 13.2 Å². The number of anilines is 1. The molecule has 3 N–H and O–H groups in total. The third kappa shape index (κ3) is 8.01. The molecule has 3 aromatic rings. The predicted molar refractivity (Wildman–Crippen MR) is 129 cm³/mol. The van der Waals surface area contributed by atoms with Crippen LogP contribution in [0.25, 0.3) is 0 Å². The Kier molecular flexibility index (Phi) is 8.95. The second-order valence-electron chi connectivity index (χ2n) is 7.29. The molecule has 0 saturated carbocycles. The fourth-order valence-electron chi connectivity index (χ4n) is 3.00. The van der Waals surface area contributed by atoms with Crippen molar-refractivity contribution < 1.29 is 28.7 Å². The van der Waals surface area contributed by atoms with E-state index in [0.29, 0.717) is 16.8 Å². The summed E-state index contributed by atoms with van der Waals surface area (Å²) in [5.74, 6) is -0.755. The predicted octanol–water partition coefficient (Wildman–Crippen LogP) is 3.52. The van der Waals surface area contributed by atoms with E-state index in [9.17, 15) is 19.2 Å². The van der Waals surface area contributed by atoms with Gasteiger partial charge in [-0.2, -0.15) is 0 Å². The van der Waals surface area contributed by atoms with Crippen LogP contribution < -0.4 is 20.7 Å². The molecule has 0 aliphatic carbocycles. The molecule has 0 fully saturated rings. The van der Waals surface area contributed by atoms with Crippen molar-refractivity contribution in [1.29, 1.82) is 0 Å². The highest BCUT2D eigenvalue weighted by Gasteiger charge is 2.10. The average Bonchev–Trinajstić information content (AvgIpc) is 2.87. The van der Waals surface area contributed by atoms with Crippen molar-refractivity contribution in [3.63, 3.8) is 0 Å². The van der Waals surface area contributed by atoms with E-state index in [2.05, 4.69) is 16.0 Å². The van der Waals surface area contributed by atoms with E-state index in [4.69, 9.17) is 9.47 Å². The van der Waals surface area contributed by atoms with Crippen LogP contribution >= 0.6 is 0 Å². The first-order chi connectivity index (χ1) is 16.9. The van der Waals surface area contributed by atoms with Crippen LogP contribution in [0.15, 0.2) is 78.9 Å². The number of carbonyl (C=O) groups is 4. The Morgan fingerprint density at radius 2 is 1.49 bits per heavy atom. The minimum Gasteiger partial charge on any atom is -0.434 e. The topological polar surface area (TPSA) is 123 Å². The van der Waals surface area contributed by atoms with Crippen molar-refractivity contribution in [3.05, 3.63) is 95.6 Å². The number of benzene rings is 3. The summed E-state index contributed by atoms with van der Waals surface area (Å²) in [6.45, 7) is 1.95. The molecule has 9 heteroatoms. The Morgan fingerprint density at radius 1 is 0.771 bits per heavy atom. The maximum atomic E-state index is 12.5. The number of nitrogens with one attached hydrogen (secondary N) is 3. The van der Waals surface area contributed by atoms with Gasteiger partial charge in [-0.3, -0.25) is 14.4 Å². The van der Waals surface area contributed by atoms with Crippen LogP contribution in [0, 0.1) is 0 Å². The van der Waals surface area contributed by atoms with Gasteiger partial charge in [0.15, 0.2) is 0 Å². The summed E-state index contributed by atoms with van der Waals surface area (Å²) in [7, 11) is 0. The average molecular weight is 476 g/mol. The minimum absolute atomic E-state index is 0.153. The lowest BCUT2D eigenvalue weighted by Gasteiger charge is -2.10. The maximum absolute atomic E-state index is 12.5. The van der Waals surface area contributed by atoms with E-state index in [1.807, 2.05) is 0 Å². The lowest BCUT2D eigenvalue weighted by Crippen LogP contribution is -2.36. The number of rotatable bonds is 9. The molecule has 0 atom stereocenters. The van der Waals surface area contributed by atoms with Gasteiger partial charge in [0.1, 0.15) is 5.75 Å². The molecule has 0 aliphatic rings. The number of hydrogen-bond donors (Lipinski definition) is 3. The molecular weight excluding hydrogens is 450 g/mol. The summed E-state index contributed by atoms with van der Waals surface area (Å²) in [6, 6.07) is 21.7. The van der Waals surface area contributed by atoms with Gasteiger partial charge in [-0.1, -0.05) is 30.3 Å². The van der Waals surface area contributed by atoms with Crippen LogP contribution in [0.2, 0.25) is 0 Å². The monoisotopic (exact) mass is 475 g/mol. The van der Waals surface area contributed by atoms with E-state index in [-0.39, 0.29) is 43.2 Å². The molecule has 35 heavy (non-hydrogen) atoms. The van der Waals surface area contributed by atoms with Crippen molar-refractivity contribution in [2.24, 2.45) is 0 Å². The Bertz CT molecular complexity index is 1180. The number of ether oxygens (including phenoxy) is 2. The third-order valence-electron chi connectivity index (χ3n) is 4.70. The first kappa shape index (κ1) is 25.0. The zero-order valence-corrected chi connectivity index (χ0v) is 19.1. The maximum Gasteiger partial charge on any atom is 0.513 e. The second-order valence-corrected chi connectivity index (χ2v) is 7.29. The smallest absolute Gasteiger partial charge is 0.434 e. The quantitative estimate of drug-likeness (QED) is 0.321. The van der Waals surface area contributed by atoms with E-state index in [1.54, 1.807) is 61.5 Å². The van der Waals surface area contributed by atoms with Crippen molar-refractivity contribution in [2.75, 3.05) is 18.5 Å². The first-order valence-electron chi connectivity index (χ1n) is 10.9. The summed E-state index contributed by atoms with van der Waals surface area (Å²) in [6.07, 6.45) is -0.813. The summed E-state index contributed by atoms with van der Waals surface area (Å²) in [5, 5.41) is 8.08. The molecule has 3 rings (SSSR count). The van der Waals surface area contributed by atoms with Crippen LogP contribution in [0.3, 0.4) is 0 Å². The van der Waals surface area contributed by atoms with Crippen LogP contribution in [-0.2, 0) is 16.1 Å². The van der Waals surface area contributed by atoms with Crippen molar-refractivity contribution in [2.45, 2.75) is 13.5 Å². The lowest BCUT2D eigenvalue weighted by atomic mass is 10.1. The highest BCUT2D eigenvalue weighted by Crippen LogP contribution is 2.16. The molecule has 0 unspecified atom stereocenters. The molecule has 180 valence electrons. The van der Waals surface area contributed by atoms with Crippen molar-refractivity contribution >= 4 is 29.6 Å². The normalized spacial score (nSPS) is 10.1. The Morgan fingerprint density at radius 3 is 2.20 bits per heavy atom. The molecule has 0 aliphatic heterocycles. The molecule has 0 radical (unpaired) electrons. The highest BCUT2D eigenvalue weighted by atomic mass is 16.7. The molecule has 0 spiro atoms. The van der Waals surface area contributed by atoms with Gasteiger partial charge in [0, 0.05) is 23.4 Å². The van der Waals surface area contributed by atoms with E-state index in [1.165, 1.54) is 24.3 Å². The molecule has 0 aromatic heterocycles. The lowest BCUT2D eigenvalue weighted by molar-refractivity contribution is -0.120. The van der Waals surface area contributed by atoms with Crippen LogP contribution in [-0.4, -0.2) is 37.0 Å². The van der Waals surface area contributed by atoms with Gasteiger partial charge in [-0.15, -0.1) is 0 Å². The van der Waals surface area contributed by atoms with Crippen molar-refractivity contribution in [1.82, 2.24) is 10.6 Å². The van der Waals surface area contributed by atoms with Crippen LogP contribution in [0.5, 0.6) is 5.75 Å². The molecule has 0 bridgehead atoms. The standard InChI is InChI=1S/C26H25N3O6/c1-2-34-26(33)35-22-13-11-20(12-14-22)25(32)29-21-10-6-7-18(15-21)16-27-23(30)17-28-24(31)19-8-4-3-5-9-19/h3-15H,2,16-17H2,1H3,(H,27,30)(H,28,31)(H,29,32). The largest absolute Gasteiger partial charge is 0.513 e. The van der Waals surface area contributed by atoms with E-state index >= 15 is 0 Å². The van der Waals surface area contributed by atoms with Gasteiger partial charge >= 0.3 is 6.16 Å². The summed E-state index contributed by atoms with van der Waals surface area (Å²) in [4.78, 5) is 48.0. The molecule has 3 aromatic carbocycles. The first-order valence-corrected chi connectivity index (χ1v) is 10.9. The third-order valence-corrected chi connectivity index (χ3v) is 4.70. The summed E-state index contributed by atoms with van der Waals surface area (Å²) in [5.41, 5.74) is 2.16. The van der Waals surface area contributed by atoms with E-state index < -0.39 is 6.16 Å². The zero-order chi connectivity index (χ0) is 25.0. The fourth-order valence-corrected chi connectivity index (χ4v) is 3.00. The molecule has 0 saturated heterocycles. The molecule has 9 nitrogen and oxygen atoms in total. The van der Waals surface area contributed by atoms with Crippen molar-refractivity contribution in [3.8, 4) is 5.75 Å². The molecule has 0 heterocycles. The zero-order valence-electron chi connectivity index (χ0n) is 19.1. The number of amides is 3. The minimum atomic E-state index is -0.813. The van der Waals surface area contributed by atoms with Gasteiger partial charge in [-0.05, 0) is 61.0 Å².